The first kappa shape index (κ1) is 12.7. The van der Waals surface area contributed by atoms with Gasteiger partial charge >= 0.3 is 0 Å². The van der Waals surface area contributed by atoms with E-state index in [9.17, 15) is 0 Å². The fourth-order valence-corrected chi connectivity index (χ4v) is 3.51. The van der Waals surface area contributed by atoms with Gasteiger partial charge in [0.15, 0.2) is 0 Å². The van der Waals surface area contributed by atoms with Crippen LogP contribution in [0.5, 0.6) is 0 Å². The molecule has 2 aliphatic rings. The Bertz CT molecular complexity index is 482. The van der Waals surface area contributed by atoms with Crippen LogP contribution in [0.3, 0.4) is 0 Å². The Kier molecular flexibility index (Phi) is 3.14. The van der Waals surface area contributed by atoms with Crippen molar-refractivity contribution >= 4 is 5.69 Å². The summed E-state index contributed by atoms with van der Waals surface area (Å²) < 4.78 is 0. The number of likely N-dealkylation sites (tertiary alicyclic amines) is 1. The smallest absolute Gasteiger partial charge is 0.0414 e. The molecule has 2 aliphatic heterocycles. The van der Waals surface area contributed by atoms with E-state index in [2.05, 4.69) is 54.9 Å². The molecule has 1 spiro atoms. The minimum Gasteiger partial charge on any atom is -0.359 e. The van der Waals surface area contributed by atoms with E-state index in [1.165, 1.54) is 42.9 Å². The third kappa shape index (κ3) is 2.18. The molecule has 2 heterocycles. The highest BCUT2D eigenvalue weighted by molar-refractivity contribution is 5.59. The van der Waals surface area contributed by atoms with Crippen LogP contribution in [0.25, 0.3) is 0 Å². The first-order valence-corrected chi connectivity index (χ1v) is 7.39. The van der Waals surface area contributed by atoms with E-state index in [-0.39, 0.29) is 5.41 Å². The monoisotopic (exact) mass is 256 g/mol. The summed E-state index contributed by atoms with van der Waals surface area (Å²) in [5.41, 5.74) is 4.21. The first-order valence-electron chi connectivity index (χ1n) is 7.39. The van der Waals surface area contributed by atoms with E-state index >= 15 is 0 Å². The maximum atomic E-state index is 4.33. The summed E-state index contributed by atoms with van der Waals surface area (Å²) in [7, 11) is 0. The van der Waals surface area contributed by atoms with Crippen molar-refractivity contribution in [3.05, 3.63) is 42.1 Å². The summed E-state index contributed by atoms with van der Waals surface area (Å²) in [6.45, 7) is 11.3. The van der Waals surface area contributed by atoms with E-state index < -0.39 is 0 Å². The summed E-state index contributed by atoms with van der Waals surface area (Å²) in [5, 5.41) is 3.55. The molecule has 1 aromatic carbocycles. The van der Waals surface area contributed by atoms with E-state index in [4.69, 9.17) is 0 Å². The van der Waals surface area contributed by atoms with Gasteiger partial charge in [0.1, 0.15) is 0 Å². The number of allylic oxidation sites excluding steroid dienone is 1. The number of piperidine rings is 1. The van der Waals surface area contributed by atoms with Gasteiger partial charge in [-0.2, -0.15) is 0 Å². The number of para-hydroxylation sites is 1. The average Bonchev–Trinajstić information content (AvgIpc) is 2.41. The minimum atomic E-state index is 0.278. The van der Waals surface area contributed by atoms with Crippen molar-refractivity contribution in [1.29, 1.82) is 0 Å². The van der Waals surface area contributed by atoms with Crippen molar-refractivity contribution in [3.8, 4) is 0 Å². The number of hydrogen-bond acceptors (Lipinski definition) is 2. The lowest BCUT2D eigenvalue weighted by molar-refractivity contribution is 0.105. The maximum Gasteiger partial charge on any atom is 0.0414 e. The number of rotatable bonds is 1. The van der Waals surface area contributed by atoms with E-state index in [1.54, 1.807) is 0 Å². The summed E-state index contributed by atoms with van der Waals surface area (Å²) in [6.07, 6.45) is 3.61. The molecule has 102 valence electrons. The third-order valence-electron chi connectivity index (χ3n) is 4.96. The molecule has 1 N–H and O–H groups in total. The molecule has 0 aliphatic carbocycles. The molecular formula is C17H24N2. The van der Waals surface area contributed by atoms with Crippen LogP contribution in [0.4, 0.5) is 5.69 Å². The van der Waals surface area contributed by atoms with Gasteiger partial charge in [0.2, 0.25) is 0 Å². The lowest BCUT2D eigenvalue weighted by Crippen LogP contribution is -2.47. The molecule has 0 atom stereocenters. The lowest BCUT2D eigenvalue weighted by atomic mass is 9.69. The average molecular weight is 256 g/mol. The van der Waals surface area contributed by atoms with Gasteiger partial charge in [-0.1, -0.05) is 24.8 Å². The molecule has 2 heteroatoms. The molecule has 2 nitrogen and oxygen atoms in total. The number of hydrogen-bond donors (Lipinski definition) is 1. The molecule has 0 amide bonds. The topological polar surface area (TPSA) is 15.3 Å². The number of nitrogens with zero attached hydrogens (tertiary/aromatic N) is 1. The SMILES string of the molecule is C=C1Nc2ccccc2CC12CCN(C(C)C)CC2. The van der Waals surface area contributed by atoms with Gasteiger partial charge < -0.3 is 10.2 Å². The summed E-state index contributed by atoms with van der Waals surface area (Å²) in [6, 6.07) is 9.32. The fraction of sp³-hybridized carbons (Fsp3) is 0.529. The standard InChI is InChI=1S/C17H24N2/c1-13(2)19-10-8-17(9-11-19)12-15-6-4-5-7-16(15)18-14(17)3/h4-7,13,18H,3,8-12H2,1-2H3. The highest BCUT2D eigenvalue weighted by atomic mass is 15.2. The van der Waals surface area contributed by atoms with Crippen LogP contribution in [0.15, 0.2) is 36.5 Å². The normalized spacial score (nSPS) is 22.4. The number of anilines is 1. The van der Waals surface area contributed by atoms with Gasteiger partial charge in [0, 0.05) is 22.8 Å². The Labute approximate surface area is 116 Å². The predicted molar refractivity (Wildman–Crippen MR) is 81.3 cm³/mol. The molecule has 0 bridgehead atoms. The lowest BCUT2D eigenvalue weighted by Gasteiger charge is -2.47. The highest BCUT2D eigenvalue weighted by Gasteiger charge is 2.40. The molecule has 19 heavy (non-hydrogen) atoms. The Morgan fingerprint density at radius 2 is 1.89 bits per heavy atom. The highest BCUT2D eigenvalue weighted by Crippen LogP contribution is 2.46. The second-order valence-electron chi connectivity index (χ2n) is 6.35. The van der Waals surface area contributed by atoms with Crippen molar-refractivity contribution in [2.24, 2.45) is 5.41 Å². The number of fused-ring (bicyclic) bond motifs is 1. The zero-order valence-electron chi connectivity index (χ0n) is 12.1. The van der Waals surface area contributed by atoms with Crippen LogP contribution >= 0.6 is 0 Å². The van der Waals surface area contributed by atoms with Crippen molar-refractivity contribution in [1.82, 2.24) is 4.90 Å². The van der Waals surface area contributed by atoms with Crippen LogP contribution in [0.2, 0.25) is 0 Å². The molecule has 1 aromatic rings. The Morgan fingerprint density at radius 1 is 1.21 bits per heavy atom. The molecule has 0 aromatic heterocycles. The van der Waals surface area contributed by atoms with Gasteiger partial charge in [-0.25, -0.2) is 0 Å². The maximum absolute atomic E-state index is 4.33. The molecular weight excluding hydrogens is 232 g/mol. The van der Waals surface area contributed by atoms with Crippen LogP contribution in [0.1, 0.15) is 32.3 Å². The van der Waals surface area contributed by atoms with Crippen LogP contribution in [0, 0.1) is 5.41 Å². The Morgan fingerprint density at radius 3 is 2.58 bits per heavy atom. The van der Waals surface area contributed by atoms with Gasteiger partial charge in [-0.05, 0) is 57.8 Å². The summed E-state index contributed by atoms with van der Waals surface area (Å²) in [5.74, 6) is 0. The summed E-state index contributed by atoms with van der Waals surface area (Å²) in [4.78, 5) is 2.58. The van der Waals surface area contributed by atoms with E-state index in [0.29, 0.717) is 6.04 Å². The quantitative estimate of drug-likeness (QED) is 0.825. The molecule has 0 saturated carbocycles. The van der Waals surface area contributed by atoms with Crippen molar-refractivity contribution in [2.45, 2.75) is 39.2 Å². The molecule has 3 rings (SSSR count). The van der Waals surface area contributed by atoms with Gasteiger partial charge in [0.05, 0.1) is 0 Å². The zero-order chi connectivity index (χ0) is 13.5. The van der Waals surface area contributed by atoms with Crippen molar-refractivity contribution in [2.75, 3.05) is 18.4 Å². The Balaban J connectivity index is 1.81. The molecule has 0 unspecified atom stereocenters. The third-order valence-corrected chi connectivity index (χ3v) is 4.96. The van der Waals surface area contributed by atoms with Gasteiger partial charge in [0.25, 0.3) is 0 Å². The Hall–Kier alpha value is -1.28. The van der Waals surface area contributed by atoms with E-state index in [0.717, 1.165) is 6.42 Å². The second kappa shape index (κ2) is 4.68. The molecule has 0 radical (unpaired) electrons. The largest absolute Gasteiger partial charge is 0.359 e. The molecule has 1 fully saturated rings. The van der Waals surface area contributed by atoms with Crippen LogP contribution < -0.4 is 5.32 Å². The van der Waals surface area contributed by atoms with Crippen molar-refractivity contribution < 1.29 is 0 Å². The van der Waals surface area contributed by atoms with Crippen LogP contribution in [-0.4, -0.2) is 24.0 Å². The first-order chi connectivity index (χ1) is 9.11. The number of benzene rings is 1. The summed E-state index contributed by atoms with van der Waals surface area (Å²) >= 11 is 0. The predicted octanol–water partition coefficient (Wildman–Crippen LogP) is 3.66. The van der Waals surface area contributed by atoms with Crippen LogP contribution in [-0.2, 0) is 6.42 Å². The van der Waals surface area contributed by atoms with Gasteiger partial charge in [-0.15, -0.1) is 0 Å². The zero-order valence-corrected chi connectivity index (χ0v) is 12.1. The second-order valence-corrected chi connectivity index (χ2v) is 6.35. The van der Waals surface area contributed by atoms with Gasteiger partial charge in [-0.3, -0.25) is 0 Å². The van der Waals surface area contributed by atoms with Crippen molar-refractivity contribution in [3.63, 3.8) is 0 Å². The minimum absolute atomic E-state index is 0.278. The fourth-order valence-electron chi connectivity index (χ4n) is 3.51. The van der Waals surface area contributed by atoms with E-state index in [1.807, 2.05) is 0 Å². The molecule has 1 saturated heterocycles. The number of nitrogens with one attached hydrogen (secondary N) is 1.